The van der Waals surface area contributed by atoms with Gasteiger partial charge in [-0.15, -0.1) is 10.2 Å². The molecule has 0 spiro atoms. The van der Waals surface area contributed by atoms with Gasteiger partial charge in [0.15, 0.2) is 22.5 Å². The Morgan fingerprint density at radius 2 is 1.93 bits per heavy atom. The number of halogens is 1. The minimum absolute atomic E-state index is 0.143. The smallest absolute Gasteiger partial charge is 0.234 e. The van der Waals surface area contributed by atoms with Gasteiger partial charge < -0.3 is 19.4 Å². The summed E-state index contributed by atoms with van der Waals surface area (Å²) in [7, 11) is 3.43. The average molecular weight is 433 g/mol. The zero-order valence-electron chi connectivity index (χ0n) is 16.3. The summed E-state index contributed by atoms with van der Waals surface area (Å²) in [5, 5.41) is 12.4. The first-order valence-electron chi connectivity index (χ1n) is 8.81. The second-order valence-electron chi connectivity index (χ2n) is 6.15. The van der Waals surface area contributed by atoms with Crippen LogP contribution in [0, 0.1) is 6.92 Å². The topological polar surface area (TPSA) is 78.3 Å². The highest BCUT2D eigenvalue weighted by Crippen LogP contribution is 2.27. The number of anilines is 1. The maximum atomic E-state index is 12.3. The monoisotopic (exact) mass is 432 g/mol. The molecule has 0 atom stereocenters. The molecule has 9 heteroatoms. The number of carbonyl (C=O) groups excluding carboxylic acids is 1. The number of nitrogens with zero attached hydrogens (tertiary/aromatic N) is 3. The van der Waals surface area contributed by atoms with E-state index in [-0.39, 0.29) is 18.3 Å². The van der Waals surface area contributed by atoms with Crippen molar-refractivity contribution >= 4 is 35.0 Å². The summed E-state index contributed by atoms with van der Waals surface area (Å²) in [6, 6.07) is 12.8. The number of ether oxygens (including phenoxy) is 2. The Morgan fingerprint density at radius 1 is 1.17 bits per heavy atom. The Bertz CT molecular complexity index is 1010. The molecule has 7 nitrogen and oxygen atoms in total. The highest BCUT2D eigenvalue weighted by atomic mass is 35.5. The van der Waals surface area contributed by atoms with Gasteiger partial charge in [0.25, 0.3) is 0 Å². The van der Waals surface area contributed by atoms with Crippen LogP contribution in [0.15, 0.2) is 47.6 Å². The number of para-hydroxylation sites is 2. The molecule has 0 radical (unpaired) electrons. The normalized spacial score (nSPS) is 10.6. The van der Waals surface area contributed by atoms with Gasteiger partial charge in [-0.05, 0) is 36.8 Å². The molecule has 1 N–H and O–H groups in total. The first-order valence-corrected chi connectivity index (χ1v) is 10.2. The van der Waals surface area contributed by atoms with Gasteiger partial charge in [-0.2, -0.15) is 0 Å². The van der Waals surface area contributed by atoms with Gasteiger partial charge in [-0.25, -0.2) is 0 Å². The molecule has 0 aliphatic carbocycles. The summed E-state index contributed by atoms with van der Waals surface area (Å²) >= 11 is 7.39. The van der Waals surface area contributed by atoms with Gasteiger partial charge in [-0.1, -0.05) is 41.6 Å². The fraction of sp³-hybridized carbons (Fsp3) is 0.250. The van der Waals surface area contributed by atoms with Crippen molar-refractivity contribution < 1.29 is 14.3 Å². The van der Waals surface area contributed by atoms with E-state index in [9.17, 15) is 4.79 Å². The Morgan fingerprint density at radius 3 is 2.69 bits per heavy atom. The number of amides is 1. The molecule has 1 heterocycles. The van der Waals surface area contributed by atoms with Crippen LogP contribution in [0.4, 0.5) is 5.69 Å². The fourth-order valence-corrected chi connectivity index (χ4v) is 3.44. The summed E-state index contributed by atoms with van der Waals surface area (Å²) in [4.78, 5) is 12.3. The molecule has 0 bridgehead atoms. The van der Waals surface area contributed by atoms with E-state index in [0.29, 0.717) is 33.2 Å². The number of thioether (sulfide) groups is 1. The number of benzene rings is 2. The number of aromatic nitrogens is 3. The molecular weight excluding hydrogens is 412 g/mol. The van der Waals surface area contributed by atoms with Crippen LogP contribution in [0.1, 0.15) is 11.4 Å². The maximum Gasteiger partial charge on any atom is 0.234 e. The van der Waals surface area contributed by atoms with E-state index in [0.717, 1.165) is 5.56 Å². The van der Waals surface area contributed by atoms with Gasteiger partial charge in [0.2, 0.25) is 5.91 Å². The zero-order valence-corrected chi connectivity index (χ0v) is 17.9. The lowest BCUT2D eigenvalue weighted by Crippen LogP contribution is -2.15. The van der Waals surface area contributed by atoms with Gasteiger partial charge in [0.05, 0.1) is 12.9 Å². The lowest BCUT2D eigenvalue weighted by molar-refractivity contribution is -0.113. The molecule has 0 fully saturated rings. The van der Waals surface area contributed by atoms with Crippen molar-refractivity contribution in [3.8, 4) is 11.5 Å². The lowest BCUT2D eigenvalue weighted by atomic mass is 10.2. The van der Waals surface area contributed by atoms with Crippen molar-refractivity contribution in [3.63, 3.8) is 0 Å². The highest BCUT2D eigenvalue weighted by molar-refractivity contribution is 7.99. The molecule has 0 aliphatic heterocycles. The van der Waals surface area contributed by atoms with Crippen molar-refractivity contribution in [2.24, 2.45) is 7.05 Å². The summed E-state index contributed by atoms with van der Waals surface area (Å²) in [6.07, 6.45) is 0. The predicted octanol–water partition coefficient (Wildman–Crippen LogP) is 4.10. The van der Waals surface area contributed by atoms with Crippen LogP contribution in [-0.4, -0.2) is 33.5 Å². The second kappa shape index (κ2) is 9.67. The molecule has 2 aromatic carbocycles. The van der Waals surface area contributed by atoms with Crippen molar-refractivity contribution in [3.05, 3.63) is 58.9 Å². The maximum absolute atomic E-state index is 12.3. The van der Waals surface area contributed by atoms with E-state index in [4.69, 9.17) is 21.1 Å². The molecule has 3 rings (SSSR count). The van der Waals surface area contributed by atoms with Crippen molar-refractivity contribution in [1.29, 1.82) is 0 Å². The van der Waals surface area contributed by atoms with E-state index >= 15 is 0 Å². The Labute approximate surface area is 178 Å². The lowest BCUT2D eigenvalue weighted by Gasteiger charge is -2.10. The van der Waals surface area contributed by atoms with Crippen molar-refractivity contribution in [2.45, 2.75) is 18.7 Å². The standard InChI is InChI=1S/C20H21ClN4O3S/c1-13-14(21)7-6-8-15(13)22-19(26)12-29-20-24-23-18(25(20)2)11-28-17-10-5-4-9-16(17)27-3/h4-10H,11-12H2,1-3H3,(H,22,26). The first-order chi connectivity index (χ1) is 14.0. The Balaban J connectivity index is 1.56. The minimum Gasteiger partial charge on any atom is -0.493 e. The van der Waals surface area contributed by atoms with Crippen LogP contribution < -0.4 is 14.8 Å². The third-order valence-corrected chi connectivity index (χ3v) is 5.65. The van der Waals surface area contributed by atoms with Crippen LogP contribution in [0.3, 0.4) is 0 Å². The van der Waals surface area contributed by atoms with E-state index in [1.807, 2.05) is 44.3 Å². The summed E-state index contributed by atoms with van der Waals surface area (Å²) in [5.74, 6) is 1.98. The molecule has 0 saturated carbocycles. The van der Waals surface area contributed by atoms with Crippen LogP contribution >= 0.6 is 23.4 Å². The molecule has 0 aliphatic rings. The number of nitrogens with one attached hydrogen (secondary N) is 1. The molecule has 29 heavy (non-hydrogen) atoms. The van der Waals surface area contributed by atoms with Crippen LogP contribution in [0.25, 0.3) is 0 Å². The molecular formula is C20H21ClN4O3S. The van der Waals surface area contributed by atoms with E-state index < -0.39 is 0 Å². The summed E-state index contributed by atoms with van der Waals surface area (Å²) in [6.45, 7) is 2.10. The van der Waals surface area contributed by atoms with Crippen molar-refractivity contribution in [2.75, 3.05) is 18.2 Å². The molecule has 152 valence electrons. The largest absolute Gasteiger partial charge is 0.493 e. The van der Waals surface area contributed by atoms with Crippen LogP contribution in [0.5, 0.6) is 11.5 Å². The molecule has 0 saturated heterocycles. The molecule has 0 unspecified atom stereocenters. The quantitative estimate of drug-likeness (QED) is 0.540. The third-order valence-electron chi connectivity index (χ3n) is 4.23. The number of rotatable bonds is 8. The first kappa shape index (κ1) is 21.0. The minimum atomic E-state index is -0.143. The zero-order chi connectivity index (χ0) is 20.8. The van der Waals surface area contributed by atoms with Gasteiger partial charge in [-0.3, -0.25) is 4.79 Å². The fourth-order valence-electron chi connectivity index (χ4n) is 2.54. The molecule has 1 aromatic heterocycles. The summed E-state index contributed by atoms with van der Waals surface area (Å²) in [5.41, 5.74) is 1.54. The Kier molecular flexibility index (Phi) is 7.00. The molecule has 3 aromatic rings. The average Bonchev–Trinajstić information content (AvgIpc) is 3.08. The van der Waals surface area contributed by atoms with Gasteiger partial charge in [0.1, 0.15) is 6.61 Å². The second-order valence-corrected chi connectivity index (χ2v) is 7.50. The Hall–Kier alpha value is -2.71. The number of hydrogen-bond acceptors (Lipinski definition) is 6. The SMILES string of the molecule is COc1ccccc1OCc1nnc(SCC(=O)Nc2cccc(Cl)c2C)n1C. The van der Waals surface area contributed by atoms with Gasteiger partial charge >= 0.3 is 0 Å². The number of carbonyl (C=O) groups is 1. The number of hydrogen-bond donors (Lipinski definition) is 1. The third kappa shape index (κ3) is 5.21. The van der Waals surface area contributed by atoms with E-state index in [1.165, 1.54) is 11.8 Å². The predicted molar refractivity (Wildman–Crippen MR) is 114 cm³/mol. The van der Waals surface area contributed by atoms with Crippen LogP contribution in [0.2, 0.25) is 5.02 Å². The highest BCUT2D eigenvalue weighted by Gasteiger charge is 2.14. The summed E-state index contributed by atoms with van der Waals surface area (Å²) < 4.78 is 12.9. The van der Waals surface area contributed by atoms with Crippen molar-refractivity contribution in [1.82, 2.24) is 14.8 Å². The number of methoxy groups -OCH3 is 1. The molecule has 1 amide bonds. The van der Waals surface area contributed by atoms with E-state index in [1.54, 1.807) is 23.8 Å². The van der Waals surface area contributed by atoms with Crippen LogP contribution in [-0.2, 0) is 18.4 Å². The van der Waals surface area contributed by atoms with E-state index in [2.05, 4.69) is 15.5 Å². The van der Waals surface area contributed by atoms with Gasteiger partial charge in [0, 0.05) is 17.8 Å².